The van der Waals surface area contributed by atoms with Crippen molar-refractivity contribution < 1.29 is 50.7 Å². The summed E-state index contributed by atoms with van der Waals surface area (Å²) in [6.45, 7) is -1.09. The van der Waals surface area contributed by atoms with E-state index < -0.39 is 85.2 Å². The fourth-order valence-corrected chi connectivity index (χ4v) is 4.11. The van der Waals surface area contributed by atoms with Crippen molar-refractivity contribution in [1.82, 2.24) is 21.3 Å². The van der Waals surface area contributed by atoms with E-state index in [1.54, 1.807) is 0 Å². The van der Waals surface area contributed by atoms with Crippen LogP contribution in [0.15, 0.2) is 0 Å². The highest BCUT2D eigenvalue weighted by molar-refractivity contribution is 6.35. The number of hydrogen-bond donors (Lipinski definition) is 4. The highest BCUT2D eigenvalue weighted by Gasteiger charge is 2.46. The number of Topliss-reactive ketones (excluding diaryl/α,β-unsaturated/α-hetero) is 1. The average Bonchev–Trinajstić information content (AvgIpc) is 3.48. The summed E-state index contributed by atoms with van der Waals surface area (Å²) >= 11 is 0. The average molecular weight is 526 g/mol. The summed E-state index contributed by atoms with van der Waals surface area (Å²) in [5.41, 5.74) is 0. The molecule has 2 unspecified atom stereocenters. The minimum Gasteiger partial charge on any atom is -0.356 e. The first kappa shape index (κ1) is 27.7. The van der Waals surface area contributed by atoms with Gasteiger partial charge in [0.05, 0.1) is 6.04 Å². The van der Waals surface area contributed by atoms with Crippen LogP contribution in [0.25, 0.3) is 0 Å². The molecule has 4 amide bonds. The molecule has 1 aliphatic heterocycles. The molecule has 10 nitrogen and oxygen atoms in total. The molecule has 0 spiro atoms. The van der Waals surface area contributed by atoms with Gasteiger partial charge in [0.15, 0.2) is 5.78 Å². The van der Waals surface area contributed by atoms with Crippen molar-refractivity contribution in [2.45, 2.75) is 75.4 Å². The lowest BCUT2D eigenvalue weighted by molar-refractivity contribution is -0.321. The third-order valence-electron chi connectivity index (χ3n) is 6.29. The van der Waals surface area contributed by atoms with Gasteiger partial charge in [0.1, 0.15) is 12.6 Å². The topological polar surface area (TPSA) is 143 Å². The van der Waals surface area contributed by atoms with E-state index in [0.717, 1.165) is 12.8 Å². The van der Waals surface area contributed by atoms with Gasteiger partial charge in [-0.1, -0.05) is 12.8 Å². The number of carbonyl (C=O) groups is 5. The molecule has 0 bridgehead atoms. The molecule has 1 saturated heterocycles. The molecule has 4 N–H and O–H groups in total. The van der Waals surface area contributed by atoms with Crippen LogP contribution >= 0.6 is 0 Å². The predicted octanol–water partition coefficient (Wildman–Crippen LogP) is 0.302. The first-order valence-electron chi connectivity index (χ1n) is 11.5. The van der Waals surface area contributed by atoms with Crippen molar-refractivity contribution in [3.63, 3.8) is 0 Å². The zero-order valence-corrected chi connectivity index (χ0v) is 19.1. The second-order valence-corrected chi connectivity index (χ2v) is 9.41. The lowest BCUT2D eigenvalue weighted by Crippen LogP contribution is -2.57. The van der Waals surface area contributed by atoms with Crippen molar-refractivity contribution >= 4 is 29.4 Å². The van der Waals surface area contributed by atoms with Crippen LogP contribution in [0.1, 0.15) is 44.9 Å². The molecule has 36 heavy (non-hydrogen) atoms. The van der Waals surface area contributed by atoms with Crippen LogP contribution < -0.4 is 21.3 Å². The highest BCUT2D eigenvalue weighted by Crippen LogP contribution is 2.37. The summed E-state index contributed by atoms with van der Waals surface area (Å²) in [7, 11) is 0. The van der Waals surface area contributed by atoms with Crippen molar-refractivity contribution in [3.05, 3.63) is 0 Å². The summed E-state index contributed by atoms with van der Waals surface area (Å²) < 4.78 is 66.7. The Morgan fingerprint density at radius 1 is 1.00 bits per heavy atom. The molecule has 3 rings (SSSR count). The van der Waals surface area contributed by atoms with E-state index in [4.69, 9.17) is 0 Å². The Balaban J connectivity index is 1.63. The summed E-state index contributed by atoms with van der Waals surface area (Å²) in [4.78, 5) is 61.6. The molecule has 15 heteroatoms. The fraction of sp³-hybridized carbons (Fsp3) is 0.762. The third-order valence-corrected chi connectivity index (χ3v) is 6.29. The second kappa shape index (κ2) is 11.0. The predicted molar refractivity (Wildman–Crippen MR) is 110 cm³/mol. The van der Waals surface area contributed by atoms with Crippen LogP contribution in [0.3, 0.4) is 0 Å². The first-order chi connectivity index (χ1) is 16.7. The van der Waals surface area contributed by atoms with Gasteiger partial charge in [0.2, 0.25) is 11.8 Å². The van der Waals surface area contributed by atoms with Crippen molar-refractivity contribution in [3.8, 4) is 0 Å². The van der Waals surface area contributed by atoms with Crippen molar-refractivity contribution in [1.29, 1.82) is 0 Å². The van der Waals surface area contributed by atoms with Gasteiger partial charge in [-0.2, -0.15) is 0 Å². The SMILES string of the molecule is O=C(NC1CC(F)(F)C1)C(=O)NC(CC1CC1)C(=O)NC(C[C@@H]1CCNC1=O)C(=O)COC(F)(F)F. The van der Waals surface area contributed by atoms with Gasteiger partial charge in [0, 0.05) is 31.3 Å². The Morgan fingerprint density at radius 3 is 2.19 bits per heavy atom. The van der Waals surface area contributed by atoms with Gasteiger partial charge in [-0.15, -0.1) is 13.2 Å². The molecular formula is C21H27F5N4O6. The van der Waals surface area contributed by atoms with Crippen LogP contribution in [-0.4, -0.2) is 73.0 Å². The van der Waals surface area contributed by atoms with Gasteiger partial charge in [-0.3, -0.25) is 28.7 Å². The first-order valence-corrected chi connectivity index (χ1v) is 11.5. The summed E-state index contributed by atoms with van der Waals surface area (Å²) in [6, 6.07) is -3.71. The Bertz CT molecular complexity index is 887. The number of ether oxygens (including phenoxy) is 1. The van der Waals surface area contributed by atoms with Crippen LogP contribution in [0.5, 0.6) is 0 Å². The minimum atomic E-state index is -5.09. The molecule has 0 aromatic rings. The zero-order chi connectivity index (χ0) is 26.7. The van der Waals surface area contributed by atoms with Gasteiger partial charge < -0.3 is 21.3 Å². The summed E-state index contributed by atoms with van der Waals surface area (Å²) in [6.07, 6.45) is -4.71. The highest BCUT2D eigenvalue weighted by atomic mass is 19.4. The van der Waals surface area contributed by atoms with Gasteiger partial charge in [-0.25, -0.2) is 8.78 Å². The van der Waals surface area contributed by atoms with E-state index >= 15 is 0 Å². The standard InChI is InChI=1S/C21H27F5N4O6/c22-20(23)7-12(8-20)28-18(34)19(35)30-14(5-10-1-2-10)17(33)29-13(6-11-3-4-27-16(11)32)15(31)9-36-21(24,25)26/h10-14H,1-9H2,(H,27,32)(H,28,34)(H,29,33)(H,30,35)/t11-,13?,14?/m0/s1. The van der Waals surface area contributed by atoms with Crippen molar-refractivity contribution in [2.24, 2.45) is 11.8 Å². The molecule has 0 aromatic heterocycles. The van der Waals surface area contributed by atoms with E-state index in [1.165, 1.54) is 0 Å². The molecule has 3 atom stereocenters. The van der Waals surface area contributed by atoms with E-state index in [1.807, 2.05) is 0 Å². The summed E-state index contributed by atoms with van der Waals surface area (Å²) in [5.74, 6) is -8.54. The number of amides is 4. The summed E-state index contributed by atoms with van der Waals surface area (Å²) in [5, 5.41) is 9.17. The number of ketones is 1. The maximum Gasteiger partial charge on any atom is 0.522 e. The van der Waals surface area contributed by atoms with Crippen molar-refractivity contribution in [2.75, 3.05) is 13.2 Å². The van der Waals surface area contributed by atoms with E-state index in [-0.39, 0.29) is 18.8 Å². The second-order valence-electron chi connectivity index (χ2n) is 9.41. The monoisotopic (exact) mass is 526 g/mol. The van der Waals surface area contributed by atoms with E-state index in [0.29, 0.717) is 13.0 Å². The number of hydrogen-bond acceptors (Lipinski definition) is 6. The number of carbonyl (C=O) groups excluding carboxylic acids is 5. The maximum atomic E-state index is 13.0. The van der Waals surface area contributed by atoms with Gasteiger partial charge >= 0.3 is 18.2 Å². The third kappa shape index (κ3) is 8.38. The Kier molecular flexibility index (Phi) is 8.52. The van der Waals surface area contributed by atoms with E-state index in [2.05, 4.69) is 26.0 Å². The molecule has 0 radical (unpaired) electrons. The molecule has 3 fully saturated rings. The normalized spacial score (nSPS) is 23.1. The molecule has 2 aliphatic carbocycles. The largest absolute Gasteiger partial charge is 0.522 e. The van der Waals surface area contributed by atoms with Gasteiger partial charge in [-0.05, 0) is 25.2 Å². The number of halogens is 5. The lowest BCUT2D eigenvalue weighted by Gasteiger charge is -2.35. The van der Waals surface area contributed by atoms with Gasteiger partial charge in [0.25, 0.3) is 5.92 Å². The number of nitrogens with one attached hydrogen (secondary N) is 4. The maximum absolute atomic E-state index is 13.0. The van der Waals surface area contributed by atoms with Crippen LogP contribution in [0, 0.1) is 11.8 Å². The fourth-order valence-electron chi connectivity index (χ4n) is 4.11. The number of rotatable bonds is 11. The number of alkyl halides is 5. The Morgan fingerprint density at radius 2 is 1.67 bits per heavy atom. The Labute approximate surface area is 202 Å². The van der Waals surface area contributed by atoms with Crippen LogP contribution in [0.2, 0.25) is 0 Å². The van der Waals surface area contributed by atoms with E-state index in [9.17, 15) is 45.9 Å². The molecule has 202 valence electrons. The molecule has 1 heterocycles. The molecule has 2 saturated carbocycles. The van der Waals surface area contributed by atoms with Crippen LogP contribution in [-0.2, 0) is 28.7 Å². The van der Waals surface area contributed by atoms with Crippen LogP contribution in [0.4, 0.5) is 22.0 Å². The lowest BCUT2D eigenvalue weighted by atomic mass is 9.88. The molecular weight excluding hydrogens is 499 g/mol. The zero-order valence-electron chi connectivity index (χ0n) is 19.1. The smallest absolute Gasteiger partial charge is 0.356 e. The molecule has 0 aromatic carbocycles. The molecule has 3 aliphatic rings. The quantitative estimate of drug-likeness (QED) is 0.225. The minimum absolute atomic E-state index is 0.0396. The Hall–Kier alpha value is -2.84.